The Morgan fingerprint density at radius 1 is 1.00 bits per heavy atom. The second kappa shape index (κ2) is 7.74. The average molecular weight is 375 g/mol. The van der Waals surface area contributed by atoms with Crippen LogP contribution in [-0.2, 0) is 0 Å². The Morgan fingerprint density at radius 3 is 2.44 bits per heavy atom. The van der Waals surface area contributed by atoms with E-state index in [4.69, 9.17) is 4.42 Å². The molecule has 4 rings (SSSR count). The number of likely N-dealkylation sites (tertiary alicyclic amines) is 1. The van der Waals surface area contributed by atoms with E-state index in [-0.39, 0.29) is 11.5 Å². The normalized spacial score (nSPS) is 21.4. The standard InChI is InChI=1S/C20H23F2N3O2/c21-15-8-9-16(17(22)11-15)20(26)25-10-4-7-14(12-25)19-24-23-18(27-19)13-5-2-1-3-6-13/h8-9,11,13-14H,1-7,10,12H2. The van der Waals surface area contributed by atoms with Crippen molar-refractivity contribution in [2.45, 2.75) is 56.8 Å². The molecule has 2 aromatic rings. The first-order chi connectivity index (χ1) is 13.1. The van der Waals surface area contributed by atoms with Crippen LogP contribution in [0.5, 0.6) is 0 Å². The van der Waals surface area contributed by atoms with Gasteiger partial charge in [-0.15, -0.1) is 10.2 Å². The van der Waals surface area contributed by atoms with E-state index in [1.54, 1.807) is 4.90 Å². The van der Waals surface area contributed by atoms with Crippen molar-refractivity contribution in [1.82, 2.24) is 15.1 Å². The lowest BCUT2D eigenvalue weighted by Crippen LogP contribution is -2.39. The van der Waals surface area contributed by atoms with Gasteiger partial charge >= 0.3 is 0 Å². The molecule has 1 amide bonds. The van der Waals surface area contributed by atoms with Crippen molar-refractivity contribution < 1.29 is 18.0 Å². The van der Waals surface area contributed by atoms with Gasteiger partial charge in [0.15, 0.2) is 0 Å². The second-order valence-corrected chi connectivity index (χ2v) is 7.53. The first-order valence-corrected chi connectivity index (χ1v) is 9.69. The lowest BCUT2D eigenvalue weighted by atomic mass is 9.89. The van der Waals surface area contributed by atoms with Gasteiger partial charge in [0.1, 0.15) is 11.6 Å². The van der Waals surface area contributed by atoms with E-state index in [2.05, 4.69) is 10.2 Å². The molecule has 2 fully saturated rings. The Balaban J connectivity index is 1.46. The van der Waals surface area contributed by atoms with Crippen LogP contribution in [0.1, 0.15) is 78.9 Å². The van der Waals surface area contributed by atoms with Gasteiger partial charge in [0.2, 0.25) is 11.8 Å². The fraction of sp³-hybridized carbons (Fsp3) is 0.550. The highest BCUT2D eigenvalue weighted by molar-refractivity contribution is 5.94. The summed E-state index contributed by atoms with van der Waals surface area (Å²) in [5.41, 5.74) is -0.106. The molecule has 0 bridgehead atoms. The lowest BCUT2D eigenvalue weighted by molar-refractivity contribution is 0.0692. The zero-order valence-electron chi connectivity index (χ0n) is 15.2. The number of nitrogens with zero attached hydrogens (tertiary/aromatic N) is 3. The van der Waals surface area contributed by atoms with Crippen molar-refractivity contribution in [2.75, 3.05) is 13.1 Å². The molecule has 1 saturated heterocycles. The third-order valence-electron chi connectivity index (χ3n) is 5.63. The van der Waals surface area contributed by atoms with Crippen LogP contribution in [0.25, 0.3) is 0 Å². The van der Waals surface area contributed by atoms with Crippen LogP contribution < -0.4 is 0 Å². The summed E-state index contributed by atoms with van der Waals surface area (Å²) in [5.74, 6) is -0.388. The Hall–Kier alpha value is -2.31. The molecule has 0 N–H and O–H groups in total. The molecule has 2 aliphatic rings. The first-order valence-electron chi connectivity index (χ1n) is 9.69. The Kier molecular flexibility index (Phi) is 5.18. The molecule has 0 radical (unpaired) electrons. The van der Waals surface area contributed by atoms with Gasteiger partial charge in [-0.05, 0) is 37.8 Å². The number of piperidine rings is 1. The van der Waals surface area contributed by atoms with Gasteiger partial charge in [-0.1, -0.05) is 19.3 Å². The van der Waals surface area contributed by atoms with Gasteiger partial charge in [0, 0.05) is 25.1 Å². The third kappa shape index (κ3) is 3.87. The molecule has 144 valence electrons. The molecule has 7 heteroatoms. The monoisotopic (exact) mass is 375 g/mol. The molecule has 1 unspecified atom stereocenters. The maximum atomic E-state index is 14.0. The zero-order valence-corrected chi connectivity index (χ0v) is 15.2. The van der Waals surface area contributed by atoms with E-state index in [0.717, 1.165) is 37.8 Å². The maximum absolute atomic E-state index is 14.0. The molecule has 5 nitrogen and oxygen atoms in total. The van der Waals surface area contributed by atoms with Crippen LogP contribution in [-0.4, -0.2) is 34.1 Å². The largest absolute Gasteiger partial charge is 0.425 e. The topological polar surface area (TPSA) is 59.2 Å². The van der Waals surface area contributed by atoms with Crippen molar-refractivity contribution >= 4 is 5.91 Å². The molecule has 1 saturated carbocycles. The molecule has 1 aromatic heterocycles. The van der Waals surface area contributed by atoms with Gasteiger partial charge in [-0.25, -0.2) is 8.78 Å². The fourth-order valence-electron chi connectivity index (χ4n) is 4.12. The quantitative estimate of drug-likeness (QED) is 0.797. The molecule has 1 aliphatic carbocycles. The summed E-state index contributed by atoms with van der Waals surface area (Å²) in [6, 6.07) is 3.04. The van der Waals surface area contributed by atoms with Gasteiger partial charge in [-0.2, -0.15) is 0 Å². The summed E-state index contributed by atoms with van der Waals surface area (Å²) in [6.45, 7) is 0.942. The Bertz CT molecular complexity index is 817. The predicted molar refractivity (Wildman–Crippen MR) is 94.4 cm³/mol. The van der Waals surface area contributed by atoms with Gasteiger partial charge in [0.25, 0.3) is 5.91 Å². The van der Waals surface area contributed by atoms with Gasteiger partial charge in [-0.3, -0.25) is 4.79 Å². The number of hydrogen-bond acceptors (Lipinski definition) is 4. The molecule has 2 heterocycles. The average Bonchev–Trinajstić information content (AvgIpc) is 3.19. The van der Waals surface area contributed by atoms with Crippen LogP contribution in [0.15, 0.2) is 22.6 Å². The van der Waals surface area contributed by atoms with E-state index in [0.29, 0.717) is 30.8 Å². The lowest BCUT2D eigenvalue weighted by Gasteiger charge is -2.31. The van der Waals surface area contributed by atoms with Crippen molar-refractivity contribution in [3.63, 3.8) is 0 Å². The highest BCUT2D eigenvalue weighted by Gasteiger charge is 2.31. The molecule has 1 aromatic carbocycles. The smallest absolute Gasteiger partial charge is 0.256 e. The molecule has 27 heavy (non-hydrogen) atoms. The van der Waals surface area contributed by atoms with E-state index < -0.39 is 17.5 Å². The fourth-order valence-corrected chi connectivity index (χ4v) is 4.12. The zero-order chi connectivity index (χ0) is 18.8. The maximum Gasteiger partial charge on any atom is 0.256 e. The Labute approximate surface area is 156 Å². The van der Waals surface area contributed by atoms with Crippen LogP contribution >= 0.6 is 0 Å². The highest BCUT2D eigenvalue weighted by Crippen LogP contribution is 2.34. The van der Waals surface area contributed by atoms with Crippen molar-refractivity contribution in [2.24, 2.45) is 0 Å². The summed E-state index contributed by atoms with van der Waals surface area (Å²) < 4.78 is 33.0. The third-order valence-corrected chi connectivity index (χ3v) is 5.63. The van der Waals surface area contributed by atoms with E-state index in [1.807, 2.05) is 0 Å². The second-order valence-electron chi connectivity index (χ2n) is 7.53. The highest BCUT2D eigenvalue weighted by atomic mass is 19.1. The number of hydrogen-bond donors (Lipinski definition) is 0. The van der Waals surface area contributed by atoms with E-state index in [9.17, 15) is 13.6 Å². The predicted octanol–water partition coefficient (Wildman–Crippen LogP) is 4.42. The minimum Gasteiger partial charge on any atom is -0.425 e. The van der Waals surface area contributed by atoms with Crippen LogP contribution in [0, 0.1) is 11.6 Å². The molecule has 0 spiro atoms. The summed E-state index contributed by atoms with van der Waals surface area (Å²) in [5, 5.41) is 8.48. The van der Waals surface area contributed by atoms with Crippen molar-refractivity contribution in [1.29, 1.82) is 0 Å². The Morgan fingerprint density at radius 2 is 1.70 bits per heavy atom. The van der Waals surface area contributed by atoms with Crippen molar-refractivity contribution in [3.05, 3.63) is 47.2 Å². The first kappa shape index (κ1) is 18.1. The minimum absolute atomic E-state index is 0.0453. The van der Waals surface area contributed by atoms with Crippen LogP contribution in [0.4, 0.5) is 8.78 Å². The molecular weight excluding hydrogens is 352 g/mol. The number of rotatable bonds is 3. The van der Waals surface area contributed by atoms with Crippen LogP contribution in [0.2, 0.25) is 0 Å². The number of carbonyl (C=O) groups excluding carboxylic acids is 1. The summed E-state index contributed by atoms with van der Waals surface area (Å²) in [4.78, 5) is 14.3. The van der Waals surface area contributed by atoms with E-state index in [1.165, 1.54) is 25.3 Å². The van der Waals surface area contributed by atoms with Crippen molar-refractivity contribution in [3.8, 4) is 0 Å². The summed E-state index contributed by atoms with van der Waals surface area (Å²) in [7, 11) is 0. The van der Waals surface area contributed by atoms with Crippen LogP contribution in [0.3, 0.4) is 0 Å². The van der Waals surface area contributed by atoms with Gasteiger partial charge in [0.05, 0.1) is 11.5 Å². The molecule has 1 atom stereocenters. The number of carbonyl (C=O) groups is 1. The summed E-state index contributed by atoms with van der Waals surface area (Å²) in [6.07, 6.45) is 7.44. The number of benzene rings is 1. The summed E-state index contributed by atoms with van der Waals surface area (Å²) >= 11 is 0. The molecular formula is C20H23F2N3O2. The number of halogens is 2. The van der Waals surface area contributed by atoms with E-state index >= 15 is 0 Å². The number of aromatic nitrogens is 2. The molecule has 1 aliphatic heterocycles. The minimum atomic E-state index is -0.834. The number of amides is 1. The van der Waals surface area contributed by atoms with Gasteiger partial charge < -0.3 is 9.32 Å². The SMILES string of the molecule is O=C(c1ccc(F)cc1F)N1CCCC(c2nnc(C3CCCCC3)o2)C1.